The average Bonchev–Trinajstić information content (AvgIpc) is 3.94. The molecule has 0 radical (unpaired) electrons. The molecule has 0 N–H and O–H groups in total. The molecule has 266 valence electrons. The topological polar surface area (TPSA) is 48.5 Å². The zero-order chi connectivity index (χ0) is 37.5. The smallest absolute Gasteiger partial charge is 0.238 e. The fourth-order valence-electron chi connectivity index (χ4n) is 8.66. The summed E-state index contributed by atoms with van der Waals surface area (Å²) in [4.78, 5) is 15.9. The average molecular weight is 746 g/mol. The maximum atomic E-state index is 5.41. The Morgan fingerprint density at radius 3 is 1.63 bits per heavy atom. The third-order valence-corrected chi connectivity index (χ3v) is 12.3. The van der Waals surface area contributed by atoms with Gasteiger partial charge < -0.3 is 4.57 Å². The van der Waals surface area contributed by atoms with Gasteiger partial charge in [0.05, 0.1) is 27.8 Å². The molecular weight excluding hydrogens is 715 g/mol. The number of fused-ring (bicyclic) bond motifs is 10. The predicted octanol–water partition coefficient (Wildman–Crippen LogP) is 13.4. The van der Waals surface area contributed by atoms with Crippen LogP contribution in [0.5, 0.6) is 0 Å². The van der Waals surface area contributed by atoms with Crippen molar-refractivity contribution >= 4 is 75.1 Å². The molecule has 12 aromatic rings. The first-order valence-corrected chi connectivity index (χ1v) is 19.9. The van der Waals surface area contributed by atoms with Gasteiger partial charge in [0.2, 0.25) is 5.95 Å². The molecule has 0 aliphatic carbocycles. The lowest BCUT2D eigenvalue weighted by Crippen LogP contribution is -2.07. The van der Waals surface area contributed by atoms with Crippen molar-refractivity contribution in [3.8, 4) is 45.5 Å². The van der Waals surface area contributed by atoms with E-state index in [4.69, 9.17) is 15.0 Å². The van der Waals surface area contributed by atoms with Gasteiger partial charge in [0.1, 0.15) is 0 Å². The fourth-order valence-corrected chi connectivity index (χ4v) is 9.75. The maximum Gasteiger partial charge on any atom is 0.238 e. The van der Waals surface area contributed by atoms with Gasteiger partial charge in [0.15, 0.2) is 11.6 Å². The van der Waals surface area contributed by atoms with Crippen molar-refractivity contribution in [3.05, 3.63) is 188 Å². The quantitative estimate of drug-likeness (QED) is 0.176. The van der Waals surface area contributed by atoms with E-state index < -0.39 is 0 Å². The number of aromatic nitrogens is 5. The maximum absolute atomic E-state index is 5.41. The molecule has 6 heteroatoms. The van der Waals surface area contributed by atoms with E-state index in [1.807, 2.05) is 29.5 Å². The Balaban J connectivity index is 1.21. The second kappa shape index (κ2) is 12.6. The molecule has 0 bridgehead atoms. The van der Waals surface area contributed by atoms with E-state index in [1.54, 1.807) is 0 Å². The highest BCUT2D eigenvalue weighted by Gasteiger charge is 2.24. The Labute approximate surface area is 331 Å². The van der Waals surface area contributed by atoms with Gasteiger partial charge in [0, 0.05) is 58.4 Å². The first-order chi connectivity index (χ1) is 28.3. The number of hydrogen-bond donors (Lipinski definition) is 0. The van der Waals surface area contributed by atoms with Crippen molar-refractivity contribution in [2.75, 3.05) is 0 Å². The minimum absolute atomic E-state index is 0.570. The van der Waals surface area contributed by atoms with E-state index in [2.05, 4.69) is 179 Å². The summed E-state index contributed by atoms with van der Waals surface area (Å²) in [6.45, 7) is 0. The summed E-state index contributed by atoms with van der Waals surface area (Å²) >= 11 is 1.81. The molecule has 0 atom stereocenters. The van der Waals surface area contributed by atoms with Crippen LogP contribution in [0.25, 0.3) is 109 Å². The van der Waals surface area contributed by atoms with Crippen LogP contribution in [-0.4, -0.2) is 24.1 Å². The Morgan fingerprint density at radius 1 is 0.351 bits per heavy atom. The third kappa shape index (κ3) is 4.91. The van der Waals surface area contributed by atoms with E-state index in [0.717, 1.165) is 66.2 Å². The van der Waals surface area contributed by atoms with Crippen LogP contribution >= 0.6 is 11.3 Å². The molecule has 0 amide bonds. The summed E-state index contributed by atoms with van der Waals surface area (Å²) in [7, 11) is 0. The van der Waals surface area contributed by atoms with Gasteiger partial charge in [-0.15, -0.1) is 11.3 Å². The first kappa shape index (κ1) is 31.9. The van der Waals surface area contributed by atoms with Gasteiger partial charge in [-0.05, 0) is 48.0 Å². The number of benzene rings is 8. The van der Waals surface area contributed by atoms with Crippen LogP contribution in [0.4, 0.5) is 0 Å². The molecule has 0 fully saturated rings. The van der Waals surface area contributed by atoms with Crippen molar-refractivity contribution in [1.29, 1.82) is 0 Å². The number of nitrogens with zero attached hydrogens (tertiary/aromatic N) is 5. The van der Waals surface area contributed by atoms with Gasteiger partial charge in [0.25, 0.3) is 0 Å². The lowest BCUT2D eigenvalue weighted by atomic mass is 10.0. The molecular formula is C51H31N5S. The van der Waals surface area contributed by atoms with E-state index in [-0.39, 0.29) is 0 Å². The molecule has 12 rings (SSSR count). The zero-order valence-corrected chi connectivity index (χ0v) is 31.4. The van der Waals surface area contributed by atoms with Crippen LogP contribution in [0.2, 0.25) is 0 Å². The number of thiophene rings is 1. The van der Waals surface area contributed by atoms with Crippen molar-refractivity contribution in [3.63, 3.8) is 0 Å². The Hall–Kier alpha value is -7.41. The SMILES string of the molecule is c1ccc(-c2nc(-c3ccc4sc5ccccc5c4c3)nc(-n3c4ccccc4c4ccc5c6ccccc6n(-c6ccccc6-c6ccccc6)c5c43)n2)cc1. The largest absolute Gasteiger partial charge is 0.307 e. The molecule has 4 aromatic heterocycles. The lowest BCUT2D eigenvalue weighted by molar-refractivity contribution is 0.953. The highest BCUT2D eigenvalue weighted by atomic mass is 32.1. The number of rotatable bonds is 5. The zero-order valence-electron chi connectivity index (χ0n) is 30.5. The minimum atomic E-state index is 0.570. The van der Waals surface area contributed by atoms with Crippen molar-refractivity contribution in [2.24, 2.45) is 0 Å². The van der Waals surface area contributed by atoms with Gasteiger partial charge in [-0.25, -0.2) is 4.98 Å². The molecule has 0 spiro atoms. The molecule has 0 saturated heterocycles. The summed E-state index contributed by atoms with van der Waals surface area (Å²) in [5.41, 5.74) is 9.62. The molecule has 8 aromatic carbocycles. The standard InChI is InChI=1S/C51H31N5S/c1-3-15-32(16-4-1)35-19-7-11-23-42(35)55-43-24-12-8-20-36(43)39-28-29-40-37-21-9-13-25-44(37)56(48(40)47(39)55)51-53-49(33-17-5-2-6-18-33)52-50(54-51)34-27-30-46-41(31-34)38-22-10-14-26-45(38)57-46/h1-31H. The molecule has 0 aliphatic heterocycles. The van der Waals surface area contributed by atoms with Gasteiger partial charge in [-0.3, -0.25) is 4.57 Å². The van der Waals surface area contributed by atoms with Gasteiger partial charge >= 0.3 is 0 Å². The van der Waals surface area contributed by atoms with E-state index >= 15 is 0 Å². The molecule has 57 heavy (non-hydrogen) atoms. The normalized spacial score (nSPS) is 11.9. The van der Waals surface area contributed by atoms with Crippen LogP contribution in [0.15, 0.2) is 188 Å². The first-order valence-electron chi connectivity index (χ1n) is 19.1. The van der Waals surface area contributed by atoms with E-state index in [1.165, 1.54) is 25.6 Å². The van der Waals surface area contributed by atoms with Crippen LogP contribution < -0.4 is 0 Å². The fraction of sp³-hybridized carbons (Fsp3) is 0. The number of para-hydroxylation sites is 3. The second-order valence-electron chi connectivity index (χ2n) is 14.4. The summed E-state index contributed by atoms with van der Waals surface area (Å²) in [5.74, 6) is 1.82. The third-order valence-electron chi connectivity index (χ3n) is 11.2. The van der Waals surface area contributed by atoms with Crippen molar-refractivity contribution in [2.45, 2.75) is 0 Å². The Kier molecular flexibility index (Phi) is 7.03. The van der Waals surface area contributed by atoms with E-state index in [9.17, 15) is 0 Å². The Morgan fingerprint density at radius 2 is 0.895 bits per heavy atom. The van der Waals surface area contributed by atoms with E-state index in [0.29, 0.717) is 17.6 Å². The molecule has 0 aliphatic rings. The monoisotopic (exact) mass is 745 g/mol. The summed E-state index contributed by atoms with van der Waals surface area (Å²) < 4.78 is 7.22. The predicted molar refractivity (Wildman–Crippen MR) is 238 cm³/mol. The summed E-state index contributed by atoms with van der Waals surface area (Å²) in [5, 5.41) is 7.07. The lowest BCUT2D eigenvalue weighted by Gasteiger charge is -2.16. The van der Waals surface area contributed by atoms with Crippen LogP contribution in [0.3, 0.4) is 0 Å². The minimum Gasteiger partial charge on any atom is -0.307 e. The molecule has 0 saturated carbocycles. The summed E-state index contributed by atoms with van der Waals surface area (Å²) in [6, 6.07) is 66.7. The molecule has 0 unspecified atom stereocenters. The number of hydrogen-bond acceptors (Lipinski definition) is 4. The highest BCUT2D eigenvalue weighted by Crippen LogP contribution is 2.43. The van der Waals surface area contributed by atoms with Crippen LogP contribution in [-0.2, 0) is 0 Å². The van der Waals surface area contributed by atoms with Crippen LogP contribution in [0.1, 0.15) is 0 Å². The van der Waals surface area contributed by atoms with Gasteiger partial charge in [-0.1, -0.05) is 146 Å². The van der Waals surface area contributed by atoms with Gasteiger partial charge in [-0.2, -0.15) is 9.97 Å². The van der Waals surface area contributed by atoms with Crippen molar-refractivity contribution < 1.29 is 0 Å². The molecule has 4 heterocycles. The van der Waals surface area contributed by atoms with Crippen molar-refractivity contribution in [1.82, 2.24) is 24.1 Å². The van der Waals surface area contributed by atoms with Crippen LogP contribution in [0, 0.1) is 0 Å². The second-order valence-corrected chi connectivity index (χ2v) is 15.5. The summed E-state index contributed by atoms with van der Waals surface area (Å²) in [6.07, 6.45) is 0. The highest BCUT2D eigenvalue weighted by molar-refractivity contribution is 7.25. The molecule has 5 nitrogen and oxygen atoms in total. The Bertz CT molecular complexity index is 3520.